The van der Waals surface area contributed by atoms with E-state index in [2.05, 4.69) is 16.0 Å². The van der Waals surface area contributed by atoms with Gasteiger partial charge in [0.25, 0.3) is 0 Å². The smallest absolute Gasteiger partial charge is 0.319 e. The molecule has 7 nitrogen and oxygen atoms in total. The van der Waals surface area contributed by atoms with E-state index in [1.807, 2.05) is 13.0 Å². The zero-order valence-corrected chi connectivity index (χ0v) is 14.2. The highest BCUT2D eigenvalue weighted by Crippen LogP contribution is 2.23. The van der Waals surface area contributed by atoms with Gasteiger partial charge >= 0.3 is 6.03 Å². The molecule has 128 valence electrons. The molecule has 2 saturated heterocycles. The van der Waals surface area contributed by atoms with Gasteiger partial charge in [0, 0.05) is 17.3 Å². The molecule has 3 atom stereocenters. The number of halogens is 1. The first kappa shape index (κ1) is 16.6. The summed E-state index contributed by atoms with van der Waals surface area (Å²) in [6, 6.07) is 3.56. The number of nitrogens with zero attached hydrogens (tertiary/aromatic N) is 1. The van der Waals surface area contributed by atoms with E-state index in [1.54, 1.807) is 24.0 Å². The summed E-state index contributed by atoms with van der Waals surface area (Å²) in [6.45, 7) is 3.86. The lowest BCUT2D eigenvalue weighted by molar-refractivity contribution is -0.146. The van der Waals surface area contributed by atoms with Crippen LogP contribution in [0.5, 0.6) is 0 Å². The Bertz CT molecular complexity index is 709. The lowest BCUT2D eigenvalue weighted by Gasteiger charge is -2.32. The molecule has 1 aromatic rings. The van der Waals surface area contributed by atoms with E-state index in [-0.39, 0.29) is 23.9 Å². The third-order valence-corrected chi connectivity index (χ3v) is 4.63. The quantitative estimate of drug-likeness (QED) is 0.750. The zero-order chi connectivity index (χ0) is 17.4. The molecule has 2 fully saturated rings. The molecular formula is C16H19ClN4O3. The third kappa shape index (κ3) is 3.17. The second-order valence-corrected chi connectivity index (χ2v) is 6.66. The minimum absolute atomic E-state index is 0.116. The van der Waals surface area contributed by atoms with Gasteiger partial charge in [-0.2, -0.15) is 0 Å². The highest BCUT2D eigenvalue weighted by molar-refractivity contribution is 6.31. The van der Waals surface area contributed by atoms with Crippen molar-refractivity contribution in [3.05, 3.63) is 28.8 Å². The van der Waals surface area contributed by atoms with Gasteiger partial charge in [0.2, 0.25) is 11.8 Å². The molecule has 0 spiro atoms. The molecular weight excluding hydrogens is 332 g/mol. The fourth-order valence-electron chi connectivity index (χ4n) is 3.13. The standard InChI is InChI=1S/C16H19ClN4O3/c1-8-3-4-10(17)5-12(8)20-16(24)19-11-6-13-14(22)18-9(2)15(23)21(13)7-11/h3-5,9,11,13H,6-7H2,1-2H3,(H,18,22)(H2,19,20,24)/t9-,11-,13-/m0/s1. The SMILES string of the molecule is Cc1ccc(Cl)cc1NC(=O)N[C@H]1C[C@H]2C(=O)N[C@@H](C)C(=O)N2C1. The van der Waals surface area contributed by atoms with E-state index >= 15 is 0 Å². The summed E-state index contributed by atoms with van der Waals surface area (Å²) in [7, 11) is 0. The van der Waals surface area contributed by atoms with Crippen molar-refractivity contribution in [2.45, 2.75) is 38.4 Å². The molecule has 8 heteroatoms. The van der Waals surface area contributed by atoms with Crippen molar-refractivity contribution >= 4 is 35.1 Å². The molecule has 0 unspecified atom stereocenters. The minimum Gasteiger partial charge on any atom is -0.343 e. The fourth-order valence-corrected chi connectivity index (χ4v) is 3.30. The third-order valence-electron chi connectivity index (χ3n) is 4.40. The number of benzene rings is 1. The Hall–Kier alpha value is -2.28. The van der Waals surface area contributed by atoms with Gasteiger partial charge in [0.1, 0.15) is 12.1 Å². The average Bonchev–Trinajstić information content (AvgIpc) is 2.93. The van der Waals surface area contributed by atoms with Gasteiger partial charge in [0.15, 0.2) is 0 Å². The second kappa shape index (κ2) is 6.32. The maximum absolute atomic E-state index is 12.2. The van der Waals surface area contributed by atoms with Crippen molar-refractivity contribution in [3.8, 4) is 0 Å². The van der Waals surface area contributed by atoms with Crippen LogP contribution in [0, 0.1) is 6.92 Å². The maximum Gasteiger partial charge on any atom is 0.319 e. The lowest BCUT2D eigenvalue weighted by Crippen LogP contribution is -2.60. The van der Waals surface area contributed by atoms with E-state index in [0.29, 0.717) is 23.7 Å². The van der Waals surface area contributed by atoms with Gasteiger partial charge in [-0.15, -0.1) is 0 Å². The van der Waals surface area contributed by atoms with Crippen molar-refractivity contribution in [1.29, 1.82) is 0 Å². The molecule has 3 N–H and O–H groups in total. The number of fused-ring (bicyclic) bond motifs is 1. The largest absolute Gasteiger partial charge is 0.343 e. The molecule has 24 heavy (non-hydrogen) atoms. The number of amides is 4. The summed E-state index contributed by atoms with van der Waals surface area (Å²) in [5.41, 5.74) is 1.51. The number of piperazine rings is 1. The Kier molecular flexibility index (Phi) is 4.36. The first-order valence-electron chi connectivity index (χ1n) is 7.79. The van der Waals surface area contributed by atoms with Crippen LogP contribution < -0.4 is 16.0 Å². The Morgan fingerprint density at radius 1 is 1.38 bits per heavy atom. The topological polar surface area (TPSA) is 90.5 Å². The lowest BCUT2D eigenvalue weighted by atomic mass is 10.1. The van der Waals surface area contributed by atoms with Crippen molar-refractivity contribution in [3.63, 3.8) is 0 Å². The van der Waals surface area contributed by atoms with Gasteiger partial charge in [-0.3, -0.25) is 9.59 Å². The number of urea groups is 1. The molecule has 2 aliphatic heterocycles. The highest BCUT2D eigenvalue weighted by atomic mass is 35.5. The van der Waals surface area contributed by atoms with Crippen molar-refractivity contribution in [2.75, 3.05) is 11.9 Å². The van der Waals surface area contributed by atoms with Crippen LogP contribution in [-0.4, -0.2) is 47.4 Å². The average molecular weight is 351 g/mol. The van der Waals surface area contributed by atoms with E-state index in [9.17, 15) is 14.4 Å². The van der Waals surface area contributed by atoms with Crippen LogP contribution in [0.1, 0.15) is 18.9 Å². The number of carbonyl (C=O) groups is 3. The normalized spacial score (nSPS) is 26.0. The number of aryl methyl sites for hydroxylation is 1. The Labute approximate surface area is 144 Å². The number of rotatable bonds is 2. The van der Waals surface area contributed by atoms with Gasteiger partial charge in [-0.05, 0) is 38.0 Å². The number of carbonyl (C=O) groups excluding carboxylic acids is 3. The Morgan fingerprint density at radius 3 is 2.88 bits per heavy atom. The van der Waals surface area contributed by atoms with Crippen LogP contribution in [0.15, 0.2) is 18.2 Å². The molecule has 0 aromatic heterocycles. The first-order valence-corrected chi connectivity index (χ1v) is 8.17. The molecule has 0 bridgehead atoms. The van der Waals surface area contributed by atoms with Crippen molar-refractivity contribution in [1.82, 2.24) is 15.5 Å². The van der Waals surface area contributed by atoms with Gasteiger partial charge in [-0.1, -0.05) is 17.7 Å². The summed E-state index contributed by atoms with van der Waals surface area (Å²) in [5.74, 6) is -0.285. The van der Waals surface area contributed by atoms with Gasteiger partial charge < -0.3 is 20.9 Å². The van der Waals surface area contributed by atoms with Crippen LogP contribution >= 0.6 is 11.6 Å². The summed E-state index contributed by atoms with van der Waals surface area (Å²) in [5, 5.41) is 8.76. The monoisotopic (exact) mass is 350 g/mol. The molecule has 2 heterocycles. The highest BCUT2D eigenvalue weighted by Gasteiger charge is 2.45. The van der Waals surface area contributed by atoms with Gasteiger partial charge in [-0.25, -0.2) is 4.79 Å². The summed E-state index contributed by atoms with van der Waals surface area (Å²) in [6.07, 6.45) is 0.409. The maximum atomic E-state index is 12.2. The minimum atomic E-state index is -0.518. The molecule has 0 saturated carbocycles. The molecule has 3 rings (SSSR count). The predicted octanol–water partition coefficient (Wildman–Crippen LogP) is 1.26. The fraction of sp³-hybridized carbons (Fsp3) is 0.438. The van der Waals surface area contributed by atoms with Crippen molar-refractivity contribution in [2.24, 2.45) is 0 Å². The predicted molar refractivity (Wildman–Crippen MR) is 89.9 cm³/mol. The molecule has 0 aliphatic carbocycles. The molecule has 2 aliphatic rings. The van der Waals surface area contributed by atoms with Gasteiger partial charge in [0.05, 0.1) is 6.04 Å². The number of hydrogen-bond donors (Lipinski definition) is 3. The summed E-state index contributed by atoms with van der Waals surface area (Å²) in [4.78, 5) is 37.8. The van der Waals surface area contributed by atoms with Crippen LogP contribution in [0.2, 0.25) is 5.02 Å². The summed E-state index contributed by atoms with van der Waals surface area (Å²) >= 11 is 5.94. The van der Waals surface area contributed by atoms with Crippen LogP contribution in [0.3, 0.4) is 0 Å². The Balaban J connectivity index is 1.63. The molecule has 0 radical (unpaired) electrons. The van der Waals surface area contributed by atoms with E-state index in [4.69, 9.17) is 11.6 Å². The van der Waals surface area contributed by atoms with Crippen LogP contribution in [0.4, 0.5) is 10.5 Å². The number of anilines is 1. The number of hydrogen-bond acceptors (Lipinski definition) is 3. The van der Waals surface area contributed by atoms with Crippen molar-refractivity contribution < 1.29 is 14.4 Å². The zero-order valence-electron chi connectivity index (χ0n) is 13.4. The van der Waals surface area contributed by atoms with E-state index < -0.39 is 12.1 Å². The summed E-state index contributed by atoms with van der Waals surface area (Å²) < 4.78 is 0. The number of nitrogens with one attached hydrogen (secondary N) is 3. The van der Waals surface area contributed by atoms with Crippen LogP contribution in [0.25, 0.3) is 0 Å². The van der Waals surface area contributed by atoms with Crippen LogP contribution in [-0.2, 0) is 9.59 Å². The Morgan fingerprint density at radius 2 is 2.12 bits per heavy atom. The molecule has 1 aromatic carbocycles. The molecule has 4 amide bonds. The van der Waals surface area contributed by atoms with E-state index in [1.165, 1.54) is 0 Å². The van der Waals surface area contributed by atoms with E-state index in [0.717, 1.165) is 5.56 Å². The first-order chi connectivity index (χ1) is 11.3. The second-order valence-electron chi connectivity index (χ2n) is 6.23.